The fourth-order valence-electron chi connectivity index (χ4n) is 3.50. The molecule has 1 heterocycles. The van der Waals surface area contributed by atoms with Crippen LogP contribution in [0.4, 0.5) is 0 Å². The molecule has 0 aromatic heterocycles. The van der Waals surface area contributed by atoms with E-state index in [1.165, 1.54) is 0 Å². The number of likely N-dealkylation sites (tertiary alicyclic amines) is 1. The van der Waals surface area contributed by atoms with E-state index in [0.29, 0.717) is 38.6 Å². The largest absolute Gasteiger partial charge is 0.497 e. The minimum atomic E-state index is -0.239. The van der Waals surface area contributed by atoms with Gasteiger partial charge in [-0.25, -0.2) is 0 Å². The third-order valence-electron chi connectivity index (χ3n) is 4.96. The second kappa shape index (κ2) is 10.3. The lowest BCUT2D eigenvalue weighted by atomic mass is 9.88. The molecule has 27 heavy (non-hydrogen) atoms. The first-order valence-corrected chi connectivity index (χ1v) is 9.64. The van der Waals surface area contributed by atoms with Crippen LogP contribution < -0.4 is 10.1 Å². The first-order chi connectivity index (χ1) is 13.0. The van der Waals surface area contributed by atoms with E-state index in [9.17, 15) is 9.59 Å². The zero-order valence-corrected chi connectivity index (χ0v) is 16.9. The molecule has 6 nitrogen and oxygen atoms in total. The second-order valence-electron chi connectivity index (χ2n) is 7.52. The minimum Gasteiger partial charge on any atom is -0.497 e. The van der Waals surface area contributed by atoms with Gasteiger partial charge >= 0.3 is 0 Å². The summed E-state index contributed by atoms with van der Waals surface area (Å²) in [7, 11) is 3.28. The molecule has 0 aliphatic carbocycles. The van der Waals surface area contributed by atoms with Crippen molar-refractivity contribution in [2.24, 2.45) is 11.8 Å². The third-order valence-corrected chi connectivity index (χ3v) is 4.96. The maximum atomic E-state index is 12.8. The summed E-state index contributed by atoms with van der Waals surface area (Å²) in [5.41, 5.74) is 1.06. The number of rotatable bonds is 9. The highest BCUT2D eigenvalue weighted by Gasteiger charge is 2.40. The summed E-state index contributed by atoms with van der Waals surface area (Å²) in [6, 6.07) is 7.79. The molecule has 1 N–H and O–H groups in total. The summed E-state index contributed by atoms with van der Waals surface area (Å²) < 4.78 is 10.3. The maximum absolute atomic E-state index is 12.8. The van der Waals surface area contributed by atoms with Crippen molar-refractivity contribution in [3.05, 3.63) is 29.8 Å². The van der Waals surface area contributed by atoms with Gasteiger partial charge in [-0.3, -0.25) is 9.59 Å². The lowest BCUT2D eigenvalue weighted by Gasteiger charge is -2.18. The van der Waals surface area contributed by atoms with Crippen molar-refractivity contribution in [2.45, 2.75) is 32.6 Å². The third kappa shape index (κ3) is 5.96. The Morgan fingerprint density at radius 3 is 2.48 bits per heavy atom. The van der Waals surface area contributed by atoms with Gasteiger partial charge in [0.15, 0.2) is 0 Å². The van der Waals surface area contributed by atoms with Gasteiger partial charge in [0, 0.05) is 45.7 Å². The Balaban J connectivity index is 2.12. The summed E-state index contributed by atoms with van der Waals surface area (Å²) in [6.07, 6.45) is 1.29. The molecule has 1 aliphatic rings. The van der Waals surface area contributed by atoms with Gasteiger partial charge in [0.05, 0.1) is 13.0 Å². The first-order valence-electron chi connectivity index (χ1n) is 9.64. The van der Waals surface area contributed by atoms with E-state index in [0.717, 1.165) is 17.7 Å². The van der Waals surface area contributed by atoms with Crippen molar-refractivity contribution in [3.8, 4) is 5.75 Å². The highest BCUT2D eigenvalue weighted by atomic mass is 16.5. The molecule has 0 unspecified atom stereocenters. The smallest absolute Gasteiger partial charge is 0.225 e. The lowest BCUT2D eigenvalue weighted by Crippen LogP contribution is -2.36. The predicted octanol–water partition coefficient (Wildman–Crippen LogP) is 2.44. The van der Waals surface area contributed by atoms with Crippen LogP contribution in [0.2, 0.25) is 0 Å². The van der Waals surface area contributed by atoms with E-state index in [1.54, 1.807) is 14.2 Å². The molecule has 1 aliphatic heterocycles. The van der Waals surface area contributed by atoms with Crippen LogP contribution in [0.15, 0.2) is 24.3 Å². The molecular weight excluding hydrogens is 344 g/mol. The molecule has 1 saturated heterocycles. The molecule has 150 valence electrons. The van der Waals surface area contributed by atoms with Gasteiger partial charge in [0.25, 0.3) is 0 Å². The molecule has 2 amide bonds. The number of hydrogen-bond acceptors (Lipinski definition) is 4. The van der Waals surface area contributed by atoms with Crippen LogP contribution in [0.1, 0.15) is 38.2 Å². The predicted molar refractivity (Wildman–Crippen MR) is 105 cm³/mol. The van der Waals surface area contributed by atoms with Crippen LogP contribution in [0.5, 0.6) is 5.75 Å². The van der Waals surface area contributed by atoms with Gasteiger partial charge in [0.1, 0.15) is 5.75 Å². The molecule has 1 aromatic rings. The molecule has 0 saturated carbocycles. The fourth-order valence-corrected chi connectivity index (χ4v) is 3.50. The lowest BCUT2D eigenvalue weighted by molar-refractivity contribution is -0.131. The minimum absolute atomic E-state index is 0.00514. The summed E-state index contributed by atoms with van der Waals surface area (Å²) in [5.74, 6) is 0.973. The summed E-state index contributed by atoms with van der Waals surface area (Å²) in [4.78, 5) is 27.2. The summed E-state index contributed by atoms with van der Waals surface area (Å²) in [6.45, 7) is 6.32. The molecule has 2 rings (SSSR count). The number of benzene rings is 1. The van der Waals surface area contributed by atoms with Gasteiger partial charge in [-0.1, -0.05) is 26.0 Å². The zero-order valence-electron chi connectivity index (χ0n) is 16.9. The Kier molecular flexibility index (Phi) is 8.10. The van der Waals surface area contributed by atoms with Crippen molar-refractivity contribution >= 4 is 11.8 Å². The molecule has 0 radical (unpaired) electrons. The van der Waals surface area contributed by atoms with Crippen LogP contribution in [0, 0.1) is 11.8 Å². The van der Waals surface area contributed by atoms with Crippen LogP contribution >= 0.6 is 0 Å². The average Bonchev–Trinajstić information content (AvgIpc) is 3.10. The number of carbonyl (C=O) groups is 2. The van der Waals surface area contributed by atoms with E-state index in [4.69, 9.17) is 9.47 Å². The van der Waals surface area contributed by atoms with Gasteiger partial charge in [0.2, 0.25) is 11.8 Å². The summed E-state index contributed by atoms with van der Waals surface area (Å²) >= 11 is 0. The summed E-state index contributed by atoms with van der Waals surface area (Å²) in [5, 5.41) is 3.00. The van der Waals surface area contributed by atoms with Gasteiger partial charge in [-0.15, -0.1) is 0 Å². The van der Waals surface area contributed by atoms with Crippen LogP contribution in [-0.2, 0) is 14.3 Å². The standard InChI is InChI=1S/C21H32N2O4/c1-15(2)12-20(24)23-13-18(16-6-8-17(27-4)9-7-16)19(14-23)21(25)22-10-5-11-26-3/h6-9,15,18-19H,5,10-14H2,1-4H3,(H,22,25)/t18-,19-/m1/s1. The van der Waals surface area contributed by atoms with Crippen molar-refractivity contribution in [1.82, 2.24) is 10.2 Å². The second-order valence-corrected chi connectivity index (χ2v) is 7.52. The number of hydrogen-bond donors (Lipinski definition) is 1. The first kappa shape index (κ1) is 21.2. The van der Waals surface area contributed by atoms with E-state index in [-0.39, 0.29) is 23.7 Å². The Morgan fingerprint density at radius 2 is 1.89 bits per heavy atom. The van der Waals surface area contributed by atoms with E-state index in [2.05, 4.69) is 5.32 Å². The van der Waals surface area contributed by atoms with E-state index in [1.807, 2.05) is 43.0 Å². The molecule has 2 atom stereocenters. The molecule has 0 bridgehead atoms. The molecule has 6 heteroatoms. The van der Waals surface area contributed by atoms with Crippen molar-refractivity contribution in [1.29, 1.82) is 0 Å². The monoisotopic (exact) mass is 376 g/mol. The number of ether oxygens (including phenoxy) is 2. The SMILES string of the molecule is COCCCNC(=O)[C@@H]1CN(C(=O)CC(C)C)C[C@@H]1c1ccc(OC)cc1. The molecule has 0 spiro atoms. The fraction of sp³-hybridized carbons (Fsp3) is 0.619. The van der Waals surface area contributed by atoms with E-state index >= 15 is 0 Å². The number of amides is 2. The van der Waals surface area contributed by atoms with E-state index < -0.39 is 0 Å². The maximum Gasteiger partial charge on any atom is 0.225 e. The number of nitrogens with zero attached hydrogens (tertiary/aromatic N) is 1. The molecular formula is C21H32N2O4. The number of methoxy groups -OCH3 is 2. The van der Waals surface area contributed by atoms with Crippen LogP contribution in [0.25, 0.3) is 0 Å². The normalized spacial score (nSPS) is 19.4. The van der Waals surface area contributed by atoms with Gasteiger partial charge in [-0.2, -0.15) is 0 Å². The van der Waals surface area contributed by atoms with Crippen molar-refractivity contribution in [3.63, 3.8) is 0 Å². The average molecular weight is 376 g/mol. The molecule has 1 aromatic carbocycles. The van der Waals surface area contributed by atoms with Crippen LogP contribution in [0.3, 0.4) is 0 Å². The Morgan fingerprint density at radius 1 is 1.19 bits per heavy atom. The molecule has 1 fully saturated rings. The number of carbonyl (C=O) groups excluding carboxylic acids is 2. The zero-order chi connectivity index (χ0) is 19.8. The Labute approximate surface area is 162 Å². The van der Waals surface area contributed by atoms with Gasteiger partial charge < -0.3 is 19.7 Å². The quantitative estimate of drug-likeness (QED) is 0.672. The van der Waals surface area contributed by atoms with Crippen LogP contribution in [-0.4, -0.2) is 57.2 Å². The highest BCUT2D eigenvalue weighted by Crippen LogP contribution is 2.34. The Bertz CT molecular complexity index is 615. The van der Waals surface area contributed by atoms with Crippen molar-refractivity contribution in [2.75, 3.05) is 40.5 Å². The Hall–Kier alpha value is -2.08. The van der Waals surface area contributed by atoms with Gasteiger partial charge in [-0.05, 0) is 30.0 Å². The van der Waals surface area contributed by atoms with Crippen molar-refractivity contribution < 1.29 is 19.1 Å². The topological polar surface area (TPSA) is 67.9 Å². The number of nitrogens with one attached hydrogen (secondary N) is 1. The highest BCUT2D eigenvalue weighted by molar-refractivity contribution is 5.83.